The second-order valence-electron chi connectivity index (χ2n) is 5.36. The van der Waals surface area contributed by atoms with E-state index in [4.69, 9.17) is 0 Å². The van der Waals surface area contributed by atoms with Crippen molar-refractivity contribution in [1.29, 1.82) is 0 Å². The molecule has 0 aromatic heterocycles. The minimum atomic E-state index is -0.351. The second kappa shape index (κ2) is 5.94. The molecule has 1 aliphatic carbocycles. The fraction of sp³-hybridized carbons (Fsp3) is 0.467. The van der Waals surface area contributed by atoms with Gasteiger partial charge in [0.25, 0.3) is 0 Å². The molecule has 20 heavy (non-hydrogen) atoms. The van der Waals surface area contributed by atoms with E-state index in [0.29, 0.717) is 5.92 Å². The Morgan fingerprint density at radius 3 is 2.80 bits per heavy atom. The number of carbonyl (C=O) groups is 2. The number of hydrogen-bond donors (Lipinski definition) is 3. The van der Waals surface area contributed by atoms with Gasteiger partial charge in [0.2, 0.25) is 5.91 Å². The van der Waals surface area contributed by atoms with Crippen molar-refractivity contribution in [2.75, 3.05) is 13.6 Å². The molecule has 0 saturated heterocycles. The first kappa shape index (κ1) is 14.4. The van der Waals surface area contributed by atoms with Crippen molar-refractivity contribution in [3.8, 4) is 0 Å². The summed E-state index contributed by atoms with van der Waals surface area (Å²) < 4.78 is 0. The Kier molecular flexibility index (Phi) is 4.27. The summed E-state index contributed by atoms with van der Waals surface area (Å²) in [4.78, 5) is 23.0. The third kappa shape index (κ3) is 3.10. The van der Waals surface area contributed by atoms with Crippen LogP contribution in [-0.2, 0) is 11.2 Å². The normalized spacial score (nSPS) is 20.1. The largest absolute Gasteiger partial charge is 0.347 e. The van der Waals surface area contributed by atoms with Gasteiger partial charge < -0.3 is 16.0 Å². The molecular formula is C15H21N3O2. The molecule has 108 valence electrons. The number of aryl methyl sites for hydroxylation is 1. The topological polar surface area (TPSA) is 70.2 Å². The van der Waals surface area contributed by atoms with Crippen LogP contribution in [0.2, 0.25) is 0 Å². The van der Waals surface area contributed by atoms with Crippen molar-refractivity contribution in [2.45, 2.75) is 26.3 Å². The average Bonchev–Trinajstić information content (AvgIpc) is 2.72. The molecule has 2 atom stereocenters. The molecule has 0 radical (unpaired) electrons. The molecule has 3 N–H and O–H groups in total. The smallest absolute Gasteiger partial charge is 0.314 e. The summed E-state index contributed by atoms with van der Waals surface area (Å²) in [5.74, 6) is 0.204. The molecule has 0 bridgehead atoms. The Balaban J connectivity index is 2.01. The number of carbonyl (C=O) groups excluding carboxylic acids is 2. The van der Waals surface area contributed by atoms with Gasteiger partial charge in [0.1, 0.15) is 0 Å². The molecule has 0 heterocycles. The summed E-state index contributed by atoms with van der Waals surface area (Å²) in [6.45, 7) is 4.17. The highest BCUT2D eigenvalue weighted by molar-refractivity contribution is 5.84. The van der Waals surface area contributed by atoms with Gasteiger partial charge in [-0.1, -0.05) is 30.7 Å². The first-order valence-corrected chi connectivity index (χ1v) is 6.85. The maximum Gasteiger partial charge on any atom is 0.314 e. The molecule has 1 aromatic rings. The van der Waals surface area contributed by atoms with E-state index in [9.17, 15) is 9.59 Å². The Hall–Kier alpha value is -2.04. The monoisotopic (exact) mass is 275 g/mol. The molecule has 1 aliphatic rings. The Labute approximate surface area is 119 Å². The van der Waals surface area contributed by atoms with Gasteiger partial charge in [0.15, 0.2) is 0 Å². The maximum absolute atomic E-state index is 11.9. The van der Waals surface area contributed by atoms with E-state index in [1.54, 1.807) is 0 Å². The minimum Gasteiger partial charge on any atom is -0.347 e. The van der Waals surface area contributed by atoms with Gasteiger partial charge >= 0.3 is 6.03 Å². The zero-order chi connectivity index (χ0) is 14.7. The van der Waals surface area contributed by atoms with Crippen LogP contribution in [0.3, 0.4) is 0 Å². The molecule has 0 unspecified atom stereocenters. The van der Waals surface area contributed by atoms with Gasteiger partial charge in [0, 0.05) is 7.05 Å². The fourth-order valence-corrected chi connectivity index (χ4v) is 2.65. The van der Waals surface area contributed by atoms with Crippen molar-refractivity contribution in [2.24, 2.45) is 5.92 Å². The average molecular weight is 275 g/mol. The SMILES string of the molecule is CNC(=O)NCC(=O)N[C@@H]1c2cc(C)ccc2C[C@H]1C. The zero-order valence-electron chi connectivity index (χ0n) is 12.1. The van der Waals surface area contributed by atoms with E-state index < -0.39 is 0 Å². The van der Waals surface area contributed by atoms with Crippen molar-refractivity contribution in [3.05, 3.63) is 34.9 Å². The predicted octanol–water partition coefficient (Wildman–Crippen LogP) is 1.27. The third-order valence-electron chi connectivity index (χ3n) is 3.70. The number of fused-ring (bicyclic) bond motifs is 1. The lowest BCUT2D eigenvalue weighted by Crippen LogP contribution is -2.42. The van der Waals surface area contributed by atoms with Gasteiger partial charge in [0.05, 0.1) is 12.6 Å². The first-order valence-electron chi connectivity index (χ1n) is 6.85. The van der Waals surface area contributed by atoms with Gasteiger partial charge in [-0.05, 0) is 30.4 Å². The van der Waals surface area contributed by atoms with E-state index in [-0.39, 0.29) is 24.5 Å². The van der Waals surface area contributed by atoms with E-state index in [1.807, 2.05) is 0 Å². The van der Waals surface area contributed by atoms with E-state index >= 15 is 0 Å². The zero-order valence-corrected chi connectivity index (χ0v) is 12.1. The lowest BCUT2D eigenvalue weighted by Gasteiger charge is -2.19. The highest BCUT2D eigenvalue weighted by Gasteiger charge is 2.30. The standard InChI is InChI=1S/C15H21N3O2/c1-9-4-5-11-7-10(2)14(12(11)6-9)18-13(19)8-17-15(20)16-3/h4-6,10,14H,7-8H2,1-3H3,(H,18,19)(H2,16,17,20)/t10-,14+/m1/s1. The molecule has 5 heteroatoms. The summed E-state index contributed by atoms with van der Waals surface area (Å²) in [7, 11) is 1.52. The van der Waals surface area contributed by atoms with Crippen LogP contribution in [-0.4, -0.2) is 25.5 Å². The van der Waals surface area contributed by atoms with Crippen LogP contribution in [0.15, 0.2) is 18.2 Å². The quantitative estimate of drug-likeness (QED) is 0.777. The van der Waals surface area contributed by atoms with Crippen molar-refractivity contribution < 1.29 is 9.59 Å². The van der Waals surface area contributed by atoms with Gasteiger partial charge in [-0.3, -0.25) is 4.79 Å². The number of rotatable bonds is 3. The molecule has 2 rings (SSSR count). The third-order valence-corrected chi connectivity index (χ3v) is 3.70. The molecule has 0 fully saturated rings. The minimum absolute atomic E-state index is 0.00988. The number of urea groups is 1. The summed E-state index contributed by atoms with van der Waals surface area (Å²) >= 11 is 0. The lowest BCUT2D eigenvalue weighted by molar-refractivity contribution is -0.121. The number of hydrogen-bond acceptors (Lipinski definition) is 2. The van der Waals surface area contributed by atoms with Crippen LogP contribution >= 0.6 is 0 Å². The van der Waals surface area contributed by atoms with Crippen molar-refractivity contribution in [1.82, 2.24) is 16.0 Å². The molecule has 0 spiro atoms. The maximum atomic E-state index is 11.9. The highest BCUT2D eigenvalue weighted by Crippen LogP contribution is 2.36. The van der Waals surface area contributed by atoms with Crippen LogP contribution in [0.5, 0.6) is 0 Å². The lowest BCUT2D eigenvalue weighted by atomic mass is 10.0. The van der Waals surface area contributed by atoms with E-state index in [2.05, 4.69) is 48.0 Å². The second-order valence-corrected chi connectivity index (χ2v) is 5.36. The summed E-state index contributed by atoms with van der Waals surface area (Å²) in [5.41, 5.74) is 3.69. The van der Waals surface area contributed by atoms with E-state index in [0.717, 1.165) is 6.42 Å². The van der Waals surface area contributed by atoms with Crippen LogP contribution < -0.4 is 16.0 Å². The molecule has 0 saturated carbocycles. The molecule has 3 amide bonds. The summed E-state index contributed by atoms with van der Waals surface area (Å²) in [5, 5.41) is 7.92. The molecule has 5 nitrogen and oxygen atoms in total. The number of amides is 3. The Bertz CT molecular complexity index is 528. The van der Waals surface area contributed by atoms with E-state index in [1.165, 1.54) is 23.7 Å². The van der Waals surface area contributed by atoms with Crippen molar-refractivity contribution in [3.63, 3.8) is 0 Å². The van der Waals surface area contributed by atoms with Crippen LogP contribution in [0.4, 0.5) is 4.79 Å². The Morgan fingerprint density at radius 2 is 2.10 bits per heavy atom. The van der Waals surface area contributed by atoms with Gasteiger partial charge in [-0.15, -0.1) is 0 Å². The summed E-state index contributed by atoms with van der Waals surface area (Å²) in [6, 6.07) is 6.05. The molecule has 1 aromatic carbocycles. The predicted molar refractivity (Wildman–Crippen MR) is 77.4 cm³/mol. The Morgan fingerprint density at radius 1 is 1.35 bits per heavy atom. The number of benzene rings is 1. The van der Waals surface area contributed by atoms with Crippen LogP contribution in [0.1, 0.15) is 29.7 Å². The van der Waals surface area contributed by atoms with Crippen molar-refractivity contribution >= 4 is 11.9 Å². The number of nitrogens with one attached hydrogen (secondary N) is 3. The molecular weight excluding hydrogens is 254 g/mol. The highest BCUT2D eigenvalue weighted by atomic mass is 16.2. The summed E-state index contributed by atoms with van der Waals surface area (Å²) in [6.07, 6.45) is 0.976. The van der Waals surface area contributed by atoms with Crippen LogP contribution in [0.25, 0.3) is 0 Å². The van der Waals surface area contributed by atoms with Gasteiger partial charge in [-0.2, -0.15) is 0 Å². The molecule has 0 aliphatic heterocycles. The first-order chi connectivity index (χ1) is 9.51. The fourth-order valence-electron chi connectivity index (χ4n) is 2.65. The van der Waals surface area contributed by atoms with Crippen LogP contribution in [0, 0.1) is 12.8 Å². The van der Waals surface area contributed by atoms with Gasteiger partial charge in [-0.25, -0.2) is 4.79 Å².